The molecule has 1 amide bonds. The first-order chi connectivity index (χ1) is 13.9. The second kappa shape index (κ2) is 7.93. The summed E-state index contributed by atoms with van der Waals surface area (Å²) in [7, 11) is 0.251. The Hall–Kier alpha value is -2.16. The number of hydrogen-bond donors (Lipinski definition) is 0. The lowest BCUT2D eigenvalue weighted by molar-refractivity contribution is 0.0488. The fourth-order valence-corrected chi connectivity index (χ4v) is 5.82. The van der Waals surface area contributed by atoms with E-state index in [0.717, 1.165) is 31.5 Å². The maximum absolute atomic E-state index is 13.5. The monoisotopic (exact) mass is 416 g/mol. The van der Waals surface area contributed by atoms with Crippen molar-refractivity contribution in [3.05, 3.63) is 53.9 Å². The van der Waals surface area contributed by atoms with Gasteiger partial charge < -0.3 is 14.4 Å². The smallest absolute Gasteiger partial charge is 0.271 e. The van der Waals surface area contributed by atoms with Crippen molar-refractivity contribution in [2.45, 2.75) is 23.8 Å². The number of likely N-dealkylation sites (N-methyl/N-ethyl adjacent to an activating group) is 1. The molecule has 2 saturated heterocycles. The average Bonchev–Trinajstić information content (AvgIpc) is 3.39. The van der Waals surface area contributed by atoms with E-state index < -0.39 is 10.0 Å². The van der Waals surface area contributed by atoms with Crippen molar-refractivity contribution in [2.75, 3.05) is 39.8 Å². The number of sulfonamides is 1. The topological polar surface area (TPSA) is 65.9 Å². The van der Waals surface area contributed by atoms with Crippen LogP contribution in [0, 0.1) is 0 Å². The van der Waals surface area contributed by atoms with Crippen LogP contribution >= 0.6 is 0 Å². The van der Waals surface area contributed by atoms with E-state index in [1.54, 1.807) is 17.8 Å². The van der Waals surface area contributed by atoms with Crippen molar-refractivity contribution >= 4 is 15.9 Å². The second-order valence-electron chi connectivity index (χ2n) is 7.97. The highest BCUT2D eigenvalue weighted by Crippen LogP contribution is 2.28. The number of nitrogens with zero attached hydrogens (tertiary/aromatic N) is 4. The molecule has 8 heteroatoms. The van der Waals surface area contributed by atoms with E-state index in [0.29, 0.717) is 25.3 Å². The molecule has 0 radical (unpaired) electrons. The molecule has 0 aliphatic carbocycles. The minimum atomic E-state index is -3.55. The van der Waals surface area contributed by atoms with Crippen molar-refractivity contribution in [2.24, 2.45) is 7.05 Å². The molecule has 0 saturated carbocycles. The molecule has 1 aromatic heterocycles. The van der Waals surface area contributed by atoms with Gasteiger partial charge >= 0.3 is 0 Å². The van der Waals surface area contributed by atoms with Gasteiger partial charge in [0.1, 0.15) is 10.6 Å². The van der Waals surface area contributed by atoms with Crippen molar-refractivity contribution in [1.82, 2.24) is 18.7 Å². The molecule has 3 heterocycles. The summed E-state index contributed by atoms with van der Waals surface area (Å²) in [5.41, 5.74) is 1.50. The highest BCUT2D eigenvalue weighted by atomic mass is 32.2. The SMILES string of the molecule is CN1CCN(C(=O)c2cc(S(=O)(=O)N3CCCC3)cn2C)[C@@H](c2ccccc2)C1. The first-order valence-electron chi connectivity index (χ1n) is 10.1. The quantitative estimate of drug-likeness (QED) is 0.764. The number of aromatic nitrogens is 1. The van der Waals surface area contributed by atoms with Gasteiger partial charge in [0.15, 0.2) is 0 Å². The molecule has 1 atom stereocenters. The zero-order valence-electron chi connectivity index (χ0n) is 17.0. The Balaban J connectivity index is 1.64. The van der Waals surface area contributed by atoms with E-state index in [9.17, 15) is 13.2 Å². The second-order valence-corrected chi connectivity index (χ2v) is 9.91. The van der Waals surface area contributed by atoms with Crippen LogP contribution in [0.25, 0.3) is 0 Å². The fraction of sp³-hybridized carbons (Fsp3) is 0.476. The summed E-state index contributed by atoms with van der Waals surface area (Å²) in [5, 5.41) is 0. The first kappa shape index (κ1) is 20.1. The number of amides is 1. The number of carbonyl (C=O) groups excluding carboxylic acids is 1. The number of piperazine rings is 1. The maximum Gasteiger partial charge on any atom is 0.271 e. The lowest BCUT2D eigenvalue weighted by Gasteiger charge is -2.40. The molecule has 1 aromatic carbocycles. The predicted molar refractivity (Wildman–Crippen MR) is 111 cm³/mol. The highest BCUT2D eigenvalue weighted by Gasteiger charge is 2.34. The van der Waals surface area contributed by atoms with Crippen LogP contribution in [0.1, 0.15) is 34.9 Å². The van der Waals surface area contributed by atoms with Gasteiger partial charge in [-0.2, -0.15) is 4.31 Å². The zero-order chi connectivity index (χ0) is 20.6. The summed E-state index contributed by atoms with van der Waals surface area (Å²) in [6, 6.07) is 11.5. The van der Waals surface area contributed by atoms with Gasteiger partial charge in [0, 0.05) is 46.0 Å². The van der Waals surface area contributed by atoms with Crippen LogP contribution in [-0.2, 0) is 17.1 Å². The van der Waals surface area contributed by atoms with E-state index in [2.05, 4.69) is 11.9 Å². The number of aryl methyl sites for hydroxylation is 1. The van der Waals surface area contributed by atoms with Gasteiger partial charge in [-0.15, -0.1) is 0 Å². The molecule has 0 bridgehead atoms. The standard InChI is InChI=1S/C21H28N4O3S/c1-22-12-13-25(20(16-22)17-8-4-3-5-9-17)21(26)19-14-18(15-23(19)2)29(27,28)24-10-6-7-11-24/h3-5,8-9,14-15,20H,6-7,10-13,16H2,1-2H3/t20-/m1/s1. The Morgan fingerprint density at radius 2 is 1.69 bits per heavy atom. The molecule has 156 valence electrons. The Morgan fingerprint density at radius 3 is 2.38 bits per heavy atom. The van der Waals surface area contributed by atoms with E-state index in [1.165, 1.54) is 10.4 Å². The summed E-state index contributed by atoms with van der Waals surface area (Å²) < 4.78 is 29.0. The molecular formula is C21H28N4O3S. The fourth-order valence-electron chi connectivity index (χ4n) is 4.24. The molecule has 29 heavy (non-hydrogen) atoms. The predicted octanol–water partition coefficient (Wildman–Crippen LogP) is 1.94. The number of hydrogen-bond acceptors (Lipinski definition) is 4. The highest BCUT2D eigenvalue weighted by molar-refractivity contribution is 7.89. The van der Waals surface area contributed by atoms with E-state index >= 15 is 0 Å². The molecule has 0 N–H and O–H groups in total. The minimum Gasteiger partial charge on any atom is -0.345 e. The lowest BCUT2D eigenvalue weighted by Crippen LogP contribution is -2.49. The summed E-state index contributed by atoms with van der Waals surface area (Å²) >= 11 is 0. The Labute approximate surface area is 172 Å². The third kappa shape index (κ3) is 3.84. The van der Waals surface area contributed by atoms with Crippen LogP contribution in [0.5, 0.6) is 0 Å². The van der Waals surface area contributed by atoms with Crippen LogP contribution in [0.3, 0.4) is 0 Å². The Kier molecular flexibility index (Phi) is 5.50. The van der Waals surface area contributed by atoms with Crippen molar-refractivity contribution in [3.63, 3.8) is 0 Å². The number of carbonyl (C=O) groups is 1. The summed E-state index contributed by atoms with van der Waals surface area (Å²) in [4.78, 5) is 17.7. The van der Waals surface area contributed by atoms with E-state index in [-0.39, 0.29) is 16.8 Å². The van der Waals surface area contributed by atoms with E-state index in [1.807, 2.05) is 35.2 Å². The molecule has 2 fully saturated rings. The Bertz CT molecular complexity index is 981. The van der Waals surface area contributed by atoms with Gasteiger partial charge in [0.25, 0.3) is 5.91 Å². The maximum atomic E-state index is 13.5. The largest absolute Gasteiger partial charge is 0.345 e. The van der Waals surface area contributed by atoms with Crippen LogP contribution < -0.4 is 0 Å². The summed E-state index contributed by atoms with van der Waals surface area (Å²) in [5.74, 6) is -0.127. The summed E-state index contributed by atoms with van der Waals surface area (Å²) in [6.45, 7) is 3.25. The van der Waals surface area contributed by atoms with Gasteiger partial charge in [0.2, 0.25) is 10.0 Å². The third-order valence-corrected chi connectivity index (χ3v) is 7.79. The van der Waals surface area contributed by atoms with Gasteiger partial charge in [-0.1, -0.05) is 30.3 Å². The normalized spacial score (nSPS) is 21.6. The molecular weight excluding hydrogens is 388 g/mol. The molecule has 4 rings (SSSR count). The molecule has 2 aromatic rings. The molecule has 7 nitrogen and oxygen atoms in total. The van der Waals surface area contributed by atoms with Gasteiger partial charge in [-0.3, -0.25) is 4.79 Å². The van der Waals surface area contributed by atoms with Crippen molar-refractivity contribution < 1.29 is 13.2 Å². The molecule has 2 aliphatic heterocycles. The van der Waals surface area contributed by atoms with Crippen molar-refractivity contribution in [3.8, 4) is 0 Å². The minimum absolute atomic E-state index is 0.0593. The lowest BCUT2D eigenvalue weighted by atomic mass is 10.0. The zero-order valence-corrected chi connectivity index (χ0v) is 17.8. The van der Waals surface area contributed by atoms with Crippen LogP contribution in [0.4, 0.5) is 0 Å². The van der Waals surface area contributed by atoms with Crippen LogP contribution in [-0.4, -0.2) is 72.8 Å². The molecule has 0 spiro atoms. The van der Waals surface area contributed by atoms with Crippen LogP contribution in [0.15, 0.2) is 47.5 Å². The third-order valence-electron chi connectivity index (χ3n) is 5.93. The number of benzene rings is 1. The molecule has 0 unspecified atom stereocenters. The van der Waals surface area contributed by atoms with Gasteiger partial charge in [-0.25, -0.2) is 8.42 Å². The number of rotatable bonds is 4. The van der Waals surface area contributed by atoms with Gasteiger partial charge in [-0.05, 0) is 31.5 Å². The van der Waals surface area contributed by atoms with E-state index in [4.69, 9.17) is 0 Å². The first-order valence-corrected chi connectivity index (χ1v) is 11.5. The van der Waals surface area contributed by atoms with Crippen LogP contribution in [0.2, 0.25) is 0 Å². The molecule has 2 aliphatic rings. The summed E-state index contributed by atoms with van der Waals surface area (Å²) in [6.07, 6.45) is 3.34. The Morgan fingerprint density at radius 1 is 1.00 bits per heavy atom. The van der Waals surface area contributed by atoms with Crippen molar-refractivity contribution in [1.29, 1.82) is 0 Å². The average molecular weight is 417 g/mol. The van der Waals surface area contributed by atoms with Gasteiger partial charge in [0.05, 0.1) is 6.04 Å².